The lowest BCUT2D eigenvalue weighted by molar-refractivity contribution is -0.122. The van der Waals surface area contributed by atoms with Crippen LogP contribution >= 0.6 is 0 Å². The summed E-state index contributed by atoms with van der Waals surface area (Å²) in [5, 5.41) is 3.23. The first kappa shape index (κ1) is 19.1. The average molecular weight is 392 g/mol. The van der Waals surface area contributed by atoms with Crippen molar-refractivity contribution in [3.05, 3.63) is 47.5 Å². The Labute approximate surface area is 174 Å². The van der Waals surface area contributed by atoms with Crippen LogP contribution in [0.25, 0.3) is 0 Å². The van der Waals surface area contributed by atoms with Crippen molar-refractivity contribution in [2.45, 2.75) is 65.3 Å². The topological polar surface area (TPSA) is 46.2 Å². The van der Waals surface area contributed by atoms with E-state index in [-0.39, 0.29) is 28.7 Å². The van der Waals surface area contributed by atoms with Crippen LogP contribution in [0.1, 0.15) is 68.3 Å². The molecule has 3 heteroatoms. The molecule has 0 radical (unpaired) electrons. The summed E-state index contributed by atoms with van der Waals surface area (Å²) in [5.41, 5.74) is 2.24. The molecule has 3 fully saturated rings. The Hall–Kier alpha value is -1.90. The van der Waals surface area contributed by atoms with E-state index in [1.165, 1.54) is 19.3 Å². The van der Waals surface area contributed by atoms with E-state index in [4.69, 9.17) is 0 Å². The molecule has 3 nitrogen and oxygen atoms in total. The fourth-order valence-corrected chi connectivity index (χ4v) is 7.76. The number of amides is 1. The Morgan fingerprint density at radius 3 is 2.69 bits per heavy atom. The maximum Gasteiger partial charge on any atom is 0.243 e. The highest BCUT2D eigenvalue weighted by molar-refractivity contribution is 5.98. The molecule has 0 spiro atoms. The summed E-state index contributed by atoms with van der Waals surface area (Å²) in [7, 11) is 0. The van der Waals surface area contributed by atoms with Gasteiger partial charge in [0.1, 0.15) is 0 Å². The number of fused-ring (bicyclic) bond motifs is 5. The van der Waals surface area contributed by atoms with Gasteiger partial charge in [-0.15, -0.1) is 0 Å². The predicted octanol–water partition coefficient (Wildman–Crippen LogP) is 5.09. The number of ketones is 1. The second-order valence-corrected chi connectivity index (χ2v) is 10.6. The number of benzene rings is 1. The van der Waals surface area contributed by atoms with E-state index in [2.05, 4.69) is 44.3 Å². The zero-order chi connectivity index (χ0) is 20.4. The lowest BCUT2D eigenvalue weighted by atomic mass is 9.47. The van der Waals surface area contributed by atoms with E-state index in [1.807, 2.05) is 12.1 Å². The molecule has 1 heterocycles. The molecule has 5 rings (SSSR count). The minimum atomic E-state index is 0.0660. The first-order valence-electron chi connectivity index (χ1n) is 11.4. The van der Waals surface area contributed by atoms with Crippen LogP contribution in [-0.4, -0.2) is 17.7 Å². The number of Topliss-reactive ketones (excluding diaryl/α,β-unsaturated/α-hetero) is 1. The monoisotopic (exact) mass is 391 g/mol. The van der Waals surface area contributed by atoms with Gasteiger partial charge in [0.25, 0.3) is 0 Å². The fraction of sp³-hybridized carbons (Fsp3) is 0.615. The number of carbonyl (C=O) groups is 2. The van der Waals surface area contributed by atoms with Crippen molar-refractivity contribution in [1.82, 2.24) is 5.32 Å². The van der Waals surface area contributed by atoms with Gasteiger partial charge in [-0.25, -0.2) is 0 Å². The maximum atomic E-state index is 13.5. The summed E-state index contributed by atoms with van der Waals surface area (Å²) in [6.45, 7) is 6.83. The first-order chi connectivity index (χ1) is 13.8. The summed E-state index contributed by atoms with van der Waals surface area (Å²) in [5.74, 6) is 2.50. The van der Waals surface area contributed by atoms with Gasteiger partial charge < -0.3 is 5.32 Å². The smallest absolute Gasteiger partial charge is 0.243 e. The van der Waals surface area contributed by atoms with Crippen LogP contribution in [0.4, 0.5) is 0 Å². The van der Waals surface area contributed by atoms with Crippen molar-refractivity contribution in [2.75, 3.05) is 0 Å². The van der Waals surface area contributed by atoms with Crippen molar-refractivity contribution in [3.8, 4) is 0 Å². The molecule has 3 aliphatic carbocycles. The molecule has 0 aromatic heterocycles. The number of rotatable bonds is 2. The molecule has 1 aromatic carbocycles. The van der Waals surface area contributed by atoms with Crippen LogP contribution in [-0.2, 0) is 4.79 Å². The molecule has 1 N–H and O–H groups in total. The predicted molar refractivity (Wildman–Crippen MR) is 114 cm³/mol. The molecular formula is C26H33NO2. The van der Waals surface area contributed by atoms with Gasteiger partial charge in [-0.2, -0.15) is 0 Å². The zero-order valence-electron chi connectivity index (χ0n) is 17.9. The summed E-state index contributed by atoms with van der Waals surface area (Å²) in [4.78, 5) is 25.4. The Balaban J connectivity index is 1.43. The maximum absolute atomic E-state index is 13.5. The Morgan fingerprint density at radius 2 is 1.90 bits per heavy atom. The molecule has 29 heavy (non-hydrogen) atoms. The molecule has 1 aliphatic heterocycles. The second kappa shape index (κ2) is 6.55. The van der Waals surface area contributed by atoms with E-state index in [9.17, 15) is 9.59 Å². The first-order valence-corrected chi connectivity index (χ1v) is 11.4. The number of hydrogen-bond donors (Lipinski definition) is 1. The van der Waals surface area contributed by atoms with Crippen LogP contribution in [0.15, 0.2) is 36.4 Å². The van der Waals surface area contributed by atoms with Gasteiger partial charge in [-0.3, -0.25) is 9.59 Å². The number of nitrogens with one attached hydrogen (secondary N) is 1. The van der Waals surface area contributed by atoms with Gasteiger partial charge in [0.05, 0.1) is 0 Å². The molecule has 154 valence electrons. The molecular weight excluding hydrogens is 358 g/mol. The van der Waals surface area contributed by atoms with Crippen LogP contribution in [0.2, 0.25) is 0 Å². The van der Waals surface area contributed by atoms with Crippen molar-refractivity contribution in [2.24, 2.45) is 34.5 Å². The van der Waals surface area contributed by atoms with E-state index >= 15 is 0 Å². The molecule has 1 aromatic rings. The van der Waals surface area contributed by atoms with E-state index in [1.54, 1.807) is 6.08 Å². The lowest BCUT2D eigenvalue weighted by Crippen LogP contribution is -2.59. The standard InChI is InChI=1S/C26H33NO2/c1-16-5-4-6-17(15-16)24(29)21-9-8-19-18-7-10-22-26(3,14-12-23(28)27-22)20(18)11-13-25(19,21)2/h4-6,12,14-15,18-22H,7-11,13H2,1-3H3,(H,27,28)/t18-,19-,20+,21?,22?,25-,26+/m0/s1. The van der Waals surface area contributed by atoms with Crippen molar-refractivity contribution in [1.29, 1.82) is 0 Å². The third-order valence-electron chi connectivity index (χ3n) is 9.30. The quantitative estimate of drug-likeness (QED) is 0.714. The highest BCUT2D eigenvalue weighted by Crippen LogP contribution is 2.65. The molecule has 0 saturated heterocycles. The minimum absolute atomic E-state index is 0.0660. The lowest BCUT2D eigenvalue weighted by Gasteiger charge is -2.58. The van der Waals surface area contributed by atoms with Gasteiger partial charge in [0.15, 0.2) is 5.78 Å². The van der Waals surface area contributed by atoms with Crippen LogP contribution < -0.4 is 5.32 Å². The average Bonchev–Trinajstić information content (AvgIpc) is 3.05. The summed E-state index contributed by atoms with van der Waals surface area (Å²) in [6.07, 6.45) is 10.7. The highest BCUT2D eigenvalue weighted by atomic mass is 16.1. The van der Waals surface area contributed by atoms with E-state index < -0.39 is 0 Å². The summed E-state index contributed by atoms with van der Waals surface area (Å²) in [6, 6.07) is 8.42. The SMILES string of the molecule is Cc1cccc(C(=O)C2CC[C@H]3[C@@H]4CCC5NC(=O)C=C[C@]5(C)[C@@H]4CC[C@]23C)c1. The zero-order valence-corrected chi connectivity index (χ0v) is 17.9. The minimum Gasteiger partial charge on any atom is -0.349 e. The van der Waals surface area contributed by atoms with Crippen molar-refractivity contribution in [3.63, 3.8) is 0 Å². The van der Waals surface area contributed by atoms with E-state index in [0.29, 0.717) is 23.5 Å². The van der Waals surface area contributed by atoms with Crippen LogP contribution in [0, 0.1) is 41.4 Å². The molecule has 2 unspecified atom stereocenters. The largest absolute Gasteiger partial charge is 0.349 e. The van der Waals surface area contributed by atoms with Gasteiger partial charge in [-0.05, 0) is 80.8 Å². The second-order valence-electron chi connectivity index (χ2n) is 10.6. The molecule has 1 amide bonds. The normalized spacial score (nSPS) is 43.1. The molecule has 7 atom stereocenters. The van der Waals surface area contributed by atoms with Gasteiger partial charge in [0.2, 0.25) is 5.91 Å². The molecule has 3 saturated carbocycles. The third-order valence-corrected chi connectivity index (χ3v) is 9.30. The molecule has 4 aliphatic rings. The number of aryl methyl sites for hydroxylation is 1. The van der Waals surface area contributed by atoms with Crippen molar-refractivity contribution < 1.29 is 9.59 Å². The fourth-order valence-electron chi connectivity index (χ4n) is 7.76. The van der Waals surface area contributed by atoms with Gasteiger partial charge in [0, 0.05) is 22.9 Å². The Morgan fingerprint density at radius 1 is 1.07 bits per heavy atom. The van der Waals surface area contributed by atoms with Gasteiger partial charge in [-0.1, -0.05) is 43.7 Å². The highest BCUT2D eigenvalue weighted by Gasteiger charge is 2.60. The van der Waals surface area contributed by atoms with Crippen LogP contribution in [0.3, 0.4) is 0 Å². The van der Waals surface area contributed by atoms with Crippen LogP contribution in [0.5, 0.6) is 0 Å². The van der Waals surface area contributed by atoms with Crippen molar-refractivity contribution >= 4 is 11.7 Å². The summed E-state index contributed by atoms with van der Waals surface area (Å²) < 4.78 is 0. The Bertz CT molecular complexity index is 888. The number of carbonyl (C=O) groups excluding carboxylic acids is 2. The third kappa shape index (κ3) is 2.76. The van der Waals surface area contributed by atoms with E-state index in [0.717, 1.165) is 30.4 Å². The number of hydrogen-bond acceptors (Lipinski definition) is 2. The van der Waals surface area contributed by atoms with Gasteiger partial charge >= 0.3 is 0 Å². The molecule has 0 bridgehead atoms. The summed E-state index contributed by atoms with van der Waals surface area (Å²) >= 11 is 0. The Kier molecular flexibility index (Phi) is 4.31.